The molecule has 4 atom stereocenters. The van der Waals surface area contributed by atoms with Crippen LogP contribution in [0.25, 0.3) is 11.0 Å². The maximum atomic E-state index is 14.9. The van der Waals surface area contributed by atoms with Crippen molar-refractivity contribution >= 4 is 61.2 Å². The molecule has 0 unspecified atom stereocenters. The predicted molar refractivity (Wildman–Crippen MR) is 338 cm³/mol. The summed E-state index contributed by atoms with van der Waals surface area (Å²) in [5.41, 5.74) is 6.45. The summed E-state index contributed by atoms with van der Waals surface area (Å²) >= 11 is 0. The summed E-state index contributed by atoms with van der Waals surface area (Å²) in [6.07, 6.45) is 10.9. The molecule has 6 fully saturated rings. The van der Waals surface area contributed by atoms with Crippen LogP contribution in [0.2, 0.25) is 0 Å². The van der Waals surface area contributed by atoms with E-state index in [0.29, 0.717) is 81.6 Å². The molecule has 1 amide bonds. The minimum absolute atomic E-state index is 0.0276. The lowest BCUT2D eigenvalue weighted by Gasteiger charge is -2.59. The van der Waals surface area contributed by atoms with E-state index in [1.807, 2.05) is 30.5 Å². The standard InChI is InChI=1S/C66H81N11O11S/c1-42(2)87-59-10-5-4-7-48(59)58-40-74(53-9-6-8-51-50(53)36-60(83-3)63(69-51)73-26-31-85-32-27-73)24-25-75(58)46-37-66(38-46)19-22-72(23-20-66)45-11-13-49(55(34-45)76-54-18-30-86-41-61(54)88-65-57(76)33-44-15-21-67-62(44)70-65)64(78)71-89(81,82)47-12-14-52(56(35-47)77(79)80)68-39-43-16-28-84-29-17-43/h4-5,7,10-15,21,33-36,42-43,46,53-54,58,61,68H,6,8-9,16-20,22-32,37-41H2,1-3H3,(H,67,70)(H,71,78)/t53-,54+,58-,61+/m1/s1. The number of nitrogens with one attached hydrogen (secondary N) is 3. The average Bonchev–Trinajstić information content (AvgIpc) is 1.47. The molecule has 9 heterocycles. The summed E-state index contributed by atoms with van der Waals surface area (Å²) in [4.78, 5) is 52.1. The minimum Gasteiger partial charge on any atom is -0.493 e. The minimum atomic E-state index is -4.64. The summed E-state index contributed by atoms with van der Waals surface area (Å²) in [6, 6.07) is 24.6. The molecule has 5 saturated heterocycles. The fraction of sp³-hybridized carbons (Fsp3) is 0.530. The average molecular weight is 1240 g/mol. The van der Waals surface area contributed by atoms with Crippen molar-refractivity contribution in [3.05, 3.63) is 118 Å². The lowest BCUT2D eigenvalue weighted by atomic mass is 9.59. The summed E-state index contributed by atoms with van der Waals surface area (Å²) in [5, 5.41) is 16.4. The number of piperazine rings is 1. The summed E-state index contributed by atoms with van der Waals surface area (Å²) in [7, 11) is -2.87. The first-order valence-electron chi connectivity index (χ1n) is 32.0. The van der Waals surface area contributed by atoms with Crippen molar-refractivity contribution in [2.75, 3.05) is 119 Å². The molecule has 22 nitrogen and oxygen atoms in total. The molecule has 472 valence electrons. The maximum absolute atomic E-state index is 14.9. The lowest BCUT2D eigenvalue weighted by Crippen LogP contribution is -2.60. The van der Waals surface area contributed by atoms with Gasteiger partial charge in [-0.1, -0.05) is 18.2 Å². The van der Waals surface area contributed by atoms with E-state index in [1.54, 1.807) is 13.2 Å². The second-order valence-electron chi connectivity index (χ2n) is 25.8. The number of aryl methyl sites for hydroxylation is 1. The van der Waals surface area contributed by atoms with Gasteiger partial charge in [-0.05, 0) is 150 Å². The number of aromatic nitrogens is 3. The largest absolute Gasteiger partial charge is 0.493 e. The number of sulfonamides is 1. The monoisotopic (exact) mass is 1240 g/mol. The molecule has 8 aliphatic rings. The molecule has 3 aromatic carbocycles. The normalized spacial score (nSPS) is 23.5. The van der Waals surface area contributed by atoms with Crippen molar-refractivity contribution in [3.63, 3.8) is 0 Å². The fourth-order valence-corrected chi connectivity index (χ4v) is 16.4. The van der Waals surface area contributed by atoms with E-state index in [1.165, 1.54) is 29.0 Å². The molecule has 89 heavy (non-hydrogen) atoms. The van der Waals surface area contributed by atoms with E-state index in [9.17, 15) is 23.3 Å². The Labute approximate surface area is 519 Å². The number of nitro groups is 1. The highest BCUT2D eigenvalue weighted by Gasteiger charge is 2.51. The number of nitrogens with zero attached hydrogens (tertiary/aromatic N) is 8. The van der Waals surface area contributed by atoms with Crippen LogP contribution in [0, 0.1) is 21.4 Å². The molecule has 14 rings (SSSR count). The number of piperidine rings is 1. The Bertz CT molecular complexity index is 3710. The Morgan fingerprint density at radius 2 is 1.63 bits per heavy atom. The topological polar surface area (TPSA) is 232 Å². The number of benzene rings is 3. The van der Waals surface area contributed by atoms with Gasteiger partial charge in [-0.15, -0.1) is 0 Å². The Morgan fingerprint density at radius 3 is 2.43 bits per heavy atom. The summed E-state index contributed by atoms with van der Waals surface area (Å²) in [6.45, 7) is 14.0. The molecular formula is C66H81N11O11S. The number of hydrogen-bond acceptors (Lipinski definition) is 19. The number of hydrogen-bond donors (Lipinski definition) is 3. The number of amides is 1. The van der Waals surface area contributed by atoms with Gasteiger partial charge in [-0.2, -0.15) is 4.98 Å². The zero-order valence-electron chi connectivity index (χ0n) is 51.1. The summed E-state index contributed by atoms with van der Waals surface area (Å²) < 4.78 is 67.4. The van der Waals surface area contributed by atoms with Gasteiger partial charge >= 0.3 is 0 Å². The smallest absolute Gasteiger partial charge is 0.293 e. The number of H-pyrrole nitrogens is 1. The number of morpholine rings is 1. The third-order valence-electron chi connectivity index (χ3n) is 20.1. The van der Waals surface area contributed by atoms with E-state index in [4.69, 9.17) is 38.4 Å². The van der Waals surface area contributed by atoms with Crippen LogP contribution in [0.4, 0.5) is 34.3 Å². The number of fused-ring (bicyclic) bond motifs is 4. The van der Waals surface area contributed by atoms with Crippen LogP contribution in [0.1, 0.15) is 111 Å². The molecular weight excluding hydrogens is 1150 g/mol. The highest BCUT2D eigenvalue weighted by molar-refractivity contribution is 7.90. The van der Waals surface area contributed by atoms with Crippen LogP contribution >= 0.6 is 0 Å². The Morgan fingerprint density at radius 1 is 0.831 bits per heavy atom. The van der Waals surface area contributed by atoms with E-state index in [-0.39, 0.29) is 46.8 Å². The van der Waals surface area contributed by atoms with Crippen molar-refractivity contribution in [2.24, 2.45) is 11.3 Å². The zero-order chi connectivity index (χ0) is 61.0. The molecule has 3 N–H and O–H groups in total. The third-order valence-corrected chi connectivity index (χ3v) is 21.4. The summed E-state index contributed by atoms with van der Waals surface area (Å²) in [5.74, 6) is 2.45. The van der Waals surface area contributed by atoms with Crippen LogP contribution in [0.3, 0.4) is 0 Å². The second-order valence-corrected chi connectivity index (χ2v) is 27.4. The van der Waals surface area contributed by atoms with Gasteiger partial charge in [0.25, 0.3) is 21.6 Å². The van der Waals surface area contributed by atoms with E-state index < -0.39 is 37.5 Å². The highest BCUT2D eigenvalue weighted by Crippen LogP contribution is 2.55. The SMILES string of the molecule is COc1cc2c(nc1N1CCOCC1)CCC[C@H]2N1CCN(C2CC3(CCN(c4ccc(C(=O)NS(=O)(=O)c5ccc(NCC6CCOCC6)c([N+](=O)[O-])c5)c(N5c6cc7cc[nH]c7nc6O[C@H]6COCC[C@@H]65)c4)CC3)C2)[C@@H](c2ccccc2OC(C)C)C1. The lowest BCUT2D eigenvalue weighted by molar-refractivity contribution is -0.384. The Hall–Kier alpha value is -7.28. The quantitative estimate of drug-likeness (QED) is 0.0605. The molecule has 23 heteroatoms. The van der Waals surface area contributed by atoms with Crippen molar-refractivity contribution in [1.82, 2.24) is 29.5 Å². The molecule has 6 aliphatic heterocycles. The van der Waals surface area contributed by atoms with Crippen LogP contribution < -0.4 is 38.9 Å². The molecule has 1 spiro atoms. The van der Waals surface area contributed by atoms with E-state index >= 15 is 0 Å². The van der Waals surface area contributed by atoms with Crippen molar-refractivity contribution in [1.29, 1.82) is 0 Å². The number of anilines is 5. The Balaban J connectivity index is 0.722. The number of para-hydroxylation sites is 1. The van der Waals surface area contributed by atoms with Gasteiger partial charge in [-0.3, -0.25) is 24.7 Å². The Kier molecular flexibility index (Phi) is 16.6. The molecule has 3 aromatic heterocycles. The second kappa shape index (κ2) is 24.8. The number of nitro benzene ring substituents is 1. The van der Waals surface area contributed by atoms with Gasteiger partial charge in [0.2, 0.25) is 5.88 Å². The molecule has 0 bridgehead atoms. The van der Waals surface area contributed by atoms with Crippen LogP contribution in [-0.4, -0.2) is 167 Å². The van der Waals surface area contributed by atoms with Crippen molar-refractivity contribution < 1.29 is 46.6 Å². The third kappa shape index (κ3) is 11.8. The zero-order valence-corrected chi connectivity index (χ0v) is 51.9. The van der Waals surface area contributed by atoms with Gasteiger partial charge in [0.05, 0.1) is 66.2 Å². The first-order chi connectivity index (χ1) is 43.3. The van der Waals surface area contributed by atoms with Gasteiger partial charge in [-0.25, -0.2) is 18.1 Å². The molecule has 1 saturated carbocycles. The number of pyridine rings is 2. The predicted octanol–water partition coefficient (Wildman–Crippen LogP) is 9.33. The van der Waals surface area contributed by atoms with Gasteiger partial charge < -0.3 is 53.4 Å². The fourth-order valence-electron chi connectivity index (χ4n) is 15.4. The van der Waals surface area contributed by atoms with E-state index in [2.05, 4.69) is 83.7 Å². The van der Waals surface area contributed by atoms with Gasteiger partial charge in [0.1, 0.15) is 28.9 Å². The van der Waals surface area contributed by atoms with Gasteiger partial charge in [0.15, 0.2) is 11.6 Å². The van der Waals surface area contributed by atoms with Crippen LogP contribution in [0.5, 0.6) is 17.4 Å². The number of carbonyl (C=O) groups excluding carboxylic acids is 1. The number of methoxy groups -OCH3 is 1. The first-order valence-corrected chi connectivity index (χ1v) is 33.5. The maximum Gasteiger partial charge on any atom is 0.293 e. The number of ether oxygens (including phenoxy) is 6. The molecule has 6 aromatic rings. The first kappa shape index (κ1) is 59.3. The highest BCUT2D eigenvalue weighted by atomic mass is 32.2. The van der Waals surface area contributed by atoms with Crippen LogP contribution in [-0.2, 0) is 30.7 Å². The van der Waals surface area contributed by atoms with Crippen molar-refractivity contribution in [2.45, 2.75) is 119 Å². The number of carbonyl (C=O) groups is 1. The van der Waals surface area contributed by atoms with Crippen LogP contribution in [0.15, 0.2) is 90.0 Å². The number of aromatic amines is 1. The van der Waals surface area contributed by atoms with Gasteiger partial charge in [0, 0.05) is 119 Å². The molecule has 2 aliphatic carbocycles. The molecule has 0 radical (unpaired) electrons. The van der Waals surface area contributed by atoms with E-state index in [0.717, 1.165) is 138 Å². The van der Waals surface area contributed by atoms with Crippen molar-refractivity contribution in [3.8, 4) is 17.4 Å². The number of rotatable bonds is 16.